The Bertz CT molecular complexity index is 665. The lowest BCUT2D eigenvalue weighted by Gasteiger charge is -2.23. The van der Waals surface area contributed by atoms with Crippen LogP contribution in [0.1, 0.15) is 34.5 Å². The van der Waals surface area contributed by atoms with E-state index >= 15 is 0 Å². The van der Waals surface area contributed by atoms with Gasteiger partial charge in [0.25, 0.3) is 5.91 Å². The number of hydrogen-bond acceptors (Lipinski definition) is 3. The van der Waals surface area contributed by atoms with Gasteiger partial charge in [0.2, 0.25) is 0 Å². The lowest BCUT2D eigenvalue weighted by atomic mass is 10.1. The summed E-state index contributed by atoms with van der Waals surface area (Å²) in [5.74, 6) is -0.00106. The first-order chi connectivity index (χ1) is 10.2. The molecular formula is C17H19N3O. The summed E-state index contributed by atoms with van der Waals surface area (Å²) < 4.78 is 0. The second kappa shape index (κ2) is 5.56. The SMILES string of the molecule is Cc1cccnc1C(=O)N(Cc1ccccc1N)C1CC1. The summed E-state index contributed by atoms with van der Waals surface area (Å²) in [7, 11) is 0. The van der Waals surface area contributed by atoms with E-state index in [0.29, 0.717) is 18.3 Å². The standard InChI is InChI=1S/C17H19N3O/c1-12-5-4-10-19-16(12)17(21)20(14-8-9-14)11-13-6-2-3-7-15(13)18/h2-7,10,14H,8-9,11,18H2,1H3. The van der Waals surface area contributed by atoms with Crippen LogP contribution in [0.15, 0.2) is 42.6 Å². The summed E-state index contributed by atoms with van der Waals surface area (Å²) in [5, 5.41) is 0. The fourth-order valence-electron chi connectivity index (χ4n) is 2.46. The molecule has 1 aliphatic carbocycles. The predicted molar refractivity (Wildman–Crippen MR) is 82.7 cm³/mol. The lowest BCUT2D eigenvalue weighted by Crippen LogP contribution is -2.33. The van der Waals surface area contributed by atoms with Gasteiger partial charge in [0.1, 0.15) is 5.69 Å². The average molecular weight is 281 g/mol. The fraction of sp³-hybridized carbons (Fsp3) is 0.294. The number of pyridine rings is 1. The molecule has 3 rings (SSSR count). The third-order valence-electron chi connectivity index (χ3n) is 3.86. The molecule has 4 heteroatoms. The van der Waals surface area contributed by atoms with Crippen LogP contribution >= 0.6 is 0 Å². The van der Waals surface area contributed by atoms with Crippen LogP contribution in [-0.4, -0.2) is 21.8 Å². The van der Waals surface area contributed by atoms with Crippen molar-refractivity contribution in [3.63, 3.8) is 0 Å². The molecule has 1 fully saturated rings. The Morgan fingerprint density at radius 3 is 2.71 bits per heavy atom. The Balaban J connectivity index is 1.87. The highest BCUT2D eigenvalue weighted by Crippen LogP contribution is 2.30. The number of aromatic nitrogens is 1. The van der Waals surface area contributed by atoms with Crippen LogP contribution in [-0.2, 0) is 6.54 Å². The third-order valence-corrected chi connectivity index (χ3v) is 3.86. The first kappa shape index (κ1) is 13.6. The largest absolute Gasteiger partial charge is 0.398 e. The Hall–Kier alpha value is -2.36. The van der Waals surface area contributed by atoms with Gasteiger partial charge in [-0.1, -0.05) is 24.3 Å². The molecule has 1 heterocycles. The van der Waals surface area contributed by atoms with Gasteiger partial charge in [-0.05, 0) is 43.0 Å². The van der Waals surface area contributed by atoms with Crippen LogP contribution in [0.5, 0.6) is 0 Å². The van der Waals surface area contributed by atoms with Gasteiger partial charge in [-0.3, -0.25) is 9.78 Å². The smallest absolute Gasteiger partial charge is 0.273 e. The molecule has 2 N–H and O–H groups in total. The average Bonchev–Trinajstić information content (AvgIpc) is 3.31. The van der Waals surface area contributed by atoms with Crippen LogP contribution in [0.25, 0.3) is 0 Å². The second-order valence-electron chi connectivity index (χ2n) is 5.53. The van der Waals surface area contributed by atoms with E-state index in [4.69, 9.17) is 5.73 Å². The topological polar surface area (TPSA) is 59.2 Å². The molecule has 108 valence electrons. The number of carbonyl (C=O) groups is 1. The van der Waals surface area contributed by atoms with E-state index < -0.39 is 0 Å². The Morgan fingerprint density at radius 2 is 2.05 bits per heavy atom. The molecule has 0 saturated heterocycles. The highest BCUT2D eigenvalue weighted by molar-refractivity contribution is 5.94. The molecule has 0 bridgehead atoms. The highest BCUT2D eigenvalue weighted by Gasteiger charge is 2.34. The van der Waals surface area contributed by atoms with Crippen molar-refractivity contribution in [2.75, 3.05) is 5.73 Å². The molecule has 0 unspecified atom stereocenters. The van der Waals surface area contributed by atoms with Gasteiger partial charge in [-0.15, -0.1) is 0 Å². The van der Waals surface area contributed by atoms with Gasteiger partial charge in [0, 0.05) is 24.5 Å². The van der Waals surface area contributed by atoms with E-state index in [9.17, 15) is 4.79 Å². The number of anilines is 1. The number of nitrogen functional groups attached to an aromatic ring is 1. The summed E-state index contributed by atoms with van der Waals surface area (Å²) in [5.41, 5.74) is 9.18. The van der Waals surface area contributed by atoms with Gasteiger partial charge in [-0.25, -0.2) is 0 Å². The number of rotatable bonds is 4. The summed E-state index contributed by atoms with van der Waals surface area (Å²) in [6.07, 6.45) is 3.79. The number of hydrogen-bond donors (Lipinski definition) is 1. The first-order valence-electron chi connectivity index (χ1n) is 7.23. The van der Waals surface area contributed by atoms with Crippen molar-refractivity contribution < 1.29 is 4.79 Å². The predicted octanol–water partition coefficient (Wildman–Crippen LogP) is 2.78. The lowest BCUT2D eigenvalue weighted by molar-refractivity contribution is 0.0723. The second-order valence-corrected chi connectivity index (χ2v) is 5.53. The number of benzene rings is 1. The van der Waals surface area contributed by atoms with Crippen molar-refractivity contribution >= 4 is 11.6 Å². The minimum Gasteiger partial charge on any atom is -0.398 e. The van der Waals surface area contributed by atoms with E-state index in [-0.39, 0.29) is 5.91 Å². The van der Waals surface area contributed by atoms with Crippen LogP contribution in [0.3, 0.4) is 0 Å². The number of nitrogens with zero attached hydrogens (tertiary/aromatic N) is 2. The molecule has 1 aromatic heterocycles. The van der Waals surface area contributed by atoms with Crippen molar-refractivity contribution in [3.05, 3.63) is 59.4 Å². The first-order valence-corrected chi connectivity index (χ1v) is 7.23. The maximum Gasteiger partial charge on any atom is 0.273 e. The molecule has 0 aliphatic heterocycles. The van der Waals surface area contributed by atoms with Crippen molar-refractivity contribution in [1.82, 2.24) is 9.88 Å². The van der Waals surface area contributed by atoms with Crippen molar-refractivity contribution in [1.29, 1.82) is 0 Å². The minimum atomic E-state index is -0.00106. The van der Waals surface area contributed by atoms with Crippen molar-refractivity contribution in [2.45, 2.75) is 32.4 Å². The summed E-state index contributed by atoms with van der Waals surface area (Å²) >= 11 is 0. The quantitative estimate of drug-likeness (QED) is 0.877. The van der Waals surface area contributed by atoms with Gasteiger partial charge in [0.05, 0.1) is 0 Å². The Kier molecular flexibility index (Phi) is 3.60. The third kappa shape index (κ3) is 2.89. The normalized spacial score (nSPS) is 14.0. The van der Waals surface area contributed by atoms with Crippen molar-refractivity contribution in [2.24, 2.45) is 0 Å². The number of para-hydroxylation sites is 1. The summed E-state index contributed by atoms with van der Waals surface area (Å²) in [6, 6.07) is 11.8. The molecule has 1 amide bonds. The van der Waals surface area contributed by atoms with Crippen LogP contribution < -0.4 is 5.73 Å². The van der Waals surface area contributed by atoms with E-state index in [1.165, 1.54) is 0 Å². The van der Waals surface area contributed by atoms with Crippen LogP contribution in [0.2, 0.25) is 0 Å². The molecule has 2 aromatic rings. The van der Waals surface area contributed by atoms with Crippen molar-refractivity contribution in [3.8, 4) is 0 Å². The fourth-order valence-corrected chi connectivity index (χ4v) is 2.46. The number of aryl methyl sites for hydroxylation is 1. The molecule has 1 aliphatic rings. The summed E-state index contributed by atoms with van der Waals surface area (Å²) in [6.45, 7) is 2.47. The van der Waals surface area contributed by atoms with Crippen LogP contribution in [0, 0.1) is 6.92 Å². The van der Waals surface area contributed by atoms with E-state index in [1.807, 2.05) is 48.2 Å². The molecule has 1 saturated carbocycles. The number of amides is 1. The summed E-state index contributed by atoms with van der Waals surface area (Å²) in [4.78, 5) is 18.9. The van der Waals surface area contributed by atoms with Gasteiger partial charge >= 0.3 is 0 Å². The maximum atomic E-state index is 12.8. The van der Waals surface area contributed by atoms with Gasteiger partial charge < -0.3 is 10.6 Å². The zero-order valence-corrected chi connectivity index (χ0v) is 12.1. The monoisotopic (exact) mass is 281 g/mol. The van der Waals surface area contributed by atoms with Gasteiger partial charge in [0.15, 0.2) is 0 Å². The number of nitrogens with two attached hydrogens (primary N) is 1. The van der Waals surface area contributed by atoms with Crippen LogP contribution in [0.4, 0.5) is 5.69 Å². The maximum absolute atomic E-state index is 12.8. The minimum absolute atomic E-state index is 0.00106. The Labute approximate surface area is 124 Å². The molecule has 4 nitrogen and oxygen atoms in total. The van der Waals surface area contributed by atoms with E-state index in [2.05, 4.69) is 4.98 Å². The molecule has 0 spiro atoms. The van der Waals surface area contributed by atoms with E-state index in [1.54, 1.807) is 6.20 Å². The van der Waals surface area contributed by atoms with Gasteiger partial charge in [-0.2, -0.15) is 0 Å². The Morgan fingerprint density at radius 1 is 1.29 bits per heavy atom. The molecule has 0 radical (unpaired) electrons. The van der Waals surface area contributed by atoms with E-state index in [0.717, 1.165) is 29.7 Å². The zero-order valence-electron chi connectivity index (χ0n) is 12.1. The molecule has 1 aromatic carbocycles. The molecule has 0 atom stereocenters. The molecule has 21 heavy (non-hydrogen) atoms. The molecular weight excluding hydrogens is 262 g/mol. The number of carbonyl (C=O) groups excluding carboxylic acids is 1. The zero-order chi connectivity index (χ0) is 14.8. The highest BCUT2D eigenvalue weighted by atomic mass is 16.2.